The molecule has 3 rings (SSSR count). The number of anilines is 1. The second-order valence-corrected chi connectivity index (χ2v) is 6.94. The molecular formula is C16H16BrN5OS. The van der Waals surface area contributed by atoms with Crippen molar-refractivity contribution in [1.82, 2.24) is 19.9 Å². The first-order chi connectivity index (χ1) is 11.8. The van der Waals surface area contributed by atoms with Crippen molar-refractivity contribution in [2.24, 2.45) is 0 Å². The Bertz CT molecular complexity index is 799. The molecule has 124 valence electrons. The predicted molar refractivity (Wildman–Crippen MR) is 101 cm³/mol. The van der Waals surface area contributed by atoms with E-state index in [1.54, 1.807) is 12.4 Å². The van der Waals surface area contributed by atoms with Crippen molar-refractivity contribution in [3.05, 3.63) is 47.5 Å². The number of rotatable bonds is 8. The second-order valence-electron chi connectivity index (χ2n) is 4.80. The summed E-state index contributed by atoms with van der Waals surface area (Å²) in [7, 11) is 0. The maximum absolute atomic E-state index is 5.70. The number of nitrogens with zero attached hydrogens (tertiary/aromatic N) is 4. The maximum atomic E-state index is 5.70. The van der Waals surface area contributed by atoms with Crippen LogP contribution in [0.15, 0.2) is 47.5 Å². The van der Waals surface area contributed by atoms with Crippen molar-refractivity contribution in [2.45, 2.75) is 0 Å². The summed E-state index contributed by atoms with van der Waals surface area (Å²) in [5.41, 5.74) is 1.30. The van der Waals surface area contributed by atoms with Gasteiger partial charge in [0.2, 0.25) is 0 Å². The third-order valence-corrected chi connectivity index (χ3v) is 4.54. The first-order valence-corrected chi connectivity index (χ1v) is 9.39. The van der Waals surface area contributed by atoms with Gasteiger partial charge in [0, 0.05) is 34.9 Å². The fourth-order valence-electron chi connectivity index (χ4n) is 2.04. The average molecular weight is 406 g/mol. The van der Waals surface area contributed by atoms with Gasteiger partial charge in [-0.3, -0.25) is 0 Å². The molecule has 0 spiro atoms. The Morgan fingerprint density at radius 1 is 1.08 bits per heavy atom. The lowest BCUT2D eigenvalue weighted by Gasteiger charge is -2.08. The van der Waals surface area contributed by atoms with E-state index in [1.165, 1.54) is 6.33 Å². The highest BCUT2D eigenvalue weighted by Crippen LogP contribution is 2.18. The van der Waals surface area contributed by atoms with Crippen LogP contribution in [-0.4, -0.2) is 44.6 Å². The van der Waals surface area contributed by atoms with E-state index in [0.717, 1.165) is 34.1 Å². The molecule has 1 aromatic carbocycles. The summed E-state index contributed by atoms with van der Waals surface area (Å²) in [6.07, 6.45) is 4.77. The van der Waals surface area contributed by atoms with E-state index in [-0.39, 0.29) is 0 Å². The van der Waals surface area contributed by atoms with E-state index in [4.69, 9.17) is 4.74 Å². The van der Waals surface area contributed by atoms with Crippen LogP contribution < -0.4 is 10.1 Å². The summed E-state index contributed by atoms with van der Waals surface area (Å²) < 4.78 is 6.72. The molecule has 0 aliphatic carbocycles. The Balaban J connectivity index is 1.36. The summed E-state index contributed by atoms with van der Waals surface area (Å²) in [6, 6.07) is 7.87. The van der Waals surface area contributed by atoms with Crippen LogP contribution in [0.1, 0.15) is 0 Å². The van der Waals surface area contributed by atoms with Gasteiger partial charge in [0.1, 0.15) is 17.6 Å². The van der Waals surface area contributed by atoms with Crippen molar-refractivity contribution in [3.63, 3.8) is 0 Å². The minimum atomic E-state index is 0.602. The molecule has 0 unspecified atom stereocenters. The molecule has 0 bridgehead atoms. The van der Waals surface area contributed by atoms with Gasteiger partial charge in [-0.05, 0) is 18.2 Å². The smallest absolute Gasteiger partial charge is 0.183 e. The van der Waals surface area contributed by atoms with Gasteiger partial charge in [0.15, 0.2) is 11.5 Å². The molecule has 0 aliphatic rings. The van der Waals surface area contributed by atoms with E-state index >= 15 is 0 Å². The van der Waals surface area contributed by atoms with Crippen LogP contribution in [0.3, 0.4) is 0 Å². The molecule has 0 amide bonds. The number of nitrogens with one attached hydrogen (secondary N) is 1. The molecule has 0 saturated carbocycles. The summed E-state index contributed by atoms with van der Waals surface area (Å²) >= 11 is 5.25. The van der Waals surface area contributed by atoms with Gasteiger partial charge in [-0.1, -0.05) is 22.0 Å². The van der Waals surface area contributed by atoms with Crippen molar-refractivity contribution < 1.29 is 4.74 Å². The molecule has 24 heavy (non-hydrogen) atoms. The summed E-state index contributed by atoms with van der Waals surface area (Å²) in [4.78, 5) is 16.8. The SMILES string of the molecule is Brc1cccc(OCCSCCNc2ncnc3nccnc23)c1. The number of ether oxygens (including phenoxy) is 1. The van der Waals surface area contributed by atoms with Crippen molar-refractivity contribution >= 4 is 44.7 Å². The van der Waals surface area contributed by atoms with E-state index in [9.17, 15) is 0 Å². The zero-order chi connectivity index (χ0) is 16.6. The van der Waals surface area contributed by atoms with Crippen molar-refractivity contribution in [3.8, 4) is 5.75 Å². The lowest BCUT2D eigenvalue weighted by Crippen LogP contribution is -2.09. The fourth-order valence-corrected chi connectivity index (χ4v) is 3.07. The first kappa shape index (κ1) is 16.9. The number of aromatic nitrogens is 4. The molecule has 2 aromatic heterocycles. The molecule has 0 saturated heterocycles. The molecule has 0 aliphatic heterocycles. The Labute approximate surface area is 152 Å². The van der Waals surface area contributed by atoms with Gasteiger partial charge < -0.3 is 10.1 Å². The zero-order valence-corrected chi connectivity index (χ0v) is 15.3. The molecule has 8 heteroatoms. The Hall–Kier alpha value is -1.93. The predicted octanol–water partition coefficient (Wildman–Crippen LogP) is 3.41. The van der Waals surface area contributed by atoms with Crippen molar-refractivity contribution in [2.75, 3.05) is 30.0 Å². The molecule has 1 N–H and O–H groups in total. The number of hydrogen-bond acceptors (Lipinski definition) is 7. The lowest BCUT2D eigenvalue weighted by molar-refractivity contribution is 0.344. The zero-order valence-electron chi connectivity index (χ0n) is 12.9. The highest BCUT2D eigenvalue weighted by atomic mass is 79.9. The van der Waals surface area contributed by atoms with Gasteiger partial charge >= 0.3 is 0 Å². The van der Waals surface area contributed by atoms with Crippen LogP contribution in [-0.2, 0) is 0 Å². The number of fused-ring (bicyclic) bond motifs is 1. The Morgan fingerprint density at radius 2 is 2.00 bits per heavy atom. The van der Waals surface area contributed by atoms with Crippen LogP contribution in [0.2, 0.25) is 0 Å². The standard InChI is InChI=1S/C16H16BrN5OS/c17-12-2-1-3-13(10-12)23-7-9-24-8-6-20-16-14-15(21-11-22-16)19-5-4-18-14/h1-5,10-11H,6-9H2,(H,19,20,21,22). The largest absolute Gasteiger partial charge is 0.493 e. The number of halogens is 1. The minimum absolute atomic E-state index is 0.602. The lowest BCUT2D eigenvalue weighted by atomic mass is 10.3. The fraction of sp³-hybridized carbons (Fsp3) is 0.250. The highest BCUT2D eigenvalue weighted by molar-refractivity contribution is 9.10. The van der Waals surface area contributed by atoms with E-state index in [0.29, 0.717) is 17.8 Å². The molecular weight excluding hydrogens is 390 g/mol. The van der Waals surface area contributed by atoms with Gasteiger partial charge in [-0.15, -0.1) is 0 Å². The van der Waals surface area contributed by atoms with Crippen molar-refractivity contribution in [1.29, 1.82) is 0 Å². The molecule has 0 atom stereocenters. The average Bonchev–Trinajstić information content (AvgIpc) is 2.61. The van der Waals surface area contributed by atoms with Gasteiger partial charge in [0.25, 0.3) is 0 Å². The summed E-state index contributed by atoms with van der Waals surface area (Å²) in [5, 5.41) is 3.28. The molecule has 6 nitrogen and oxygen atoms in total. The van der Waals surface area contributed by atoms with Gasteiger partial charge in [0.05, 0.1) is 6.61 Å². The second kappa shape index (κ2) is 8.79. The molecule has 3 aromatic rings. The highest BCUT2D eigenvalue weighted by Gasteiger charge is 2.04. The van der Waals surface area contributed by atoms with Crippen LogP contribution in [0, 0.1) is 0 Å². The van der Waals surface area contributed by atoms with Crippen LogP contribution >= 0.6 is 27.7 Å². The van der Waals surface area contributed by atoms with E-state index < -0.39 is 0 Å². The first-order valence-electron chi connectivity index (χ1n) is 7.44. The maximum Gasteiger partial charge on any atom is 0.183 e. The topological polar surface area (TPSA) is 72.8 Å². The normalized spacial score (nSPS) is 10.7. The molecule has 0 radical (unpaired) electrons. The third kappa shape index (κ3) is 4.78. The monoisotopic (exact) mass is 405 g/mol. The Kier molecular flexibility index (Phi) is 6.20. The number of thioether (sulfide) groups is 1. The van der Waals surface area contributed by atoms with Gasteiger partial charge in [-0.25, -0.2) is 19.9 Å². The quantitative estimate of drug-likeness (QED) is 0.575. The summed E-state index contributed by atoms with van der Waals surface area (Å²) in [6.45, 7) is 1.48. The van der Waals surface area contributed by atoms with E-state index in [1.807, 2.05) is 36.0 Å². The van der Waals surface area contributed by atoms with Crippen LogP contribution in [0.4, 0.5) is 5.82 Å². The minimum Gasteiger partial charge on any atom is -0.493 e. The van der Waals surface area contributed by atoms with Gasteiger partial charge in [-0.2, -0.15) is 11.8 Å². The summed E-state index contributed by atoms with van der Waals surface area (Å²) in [5.74, 6) is 3.49. The van der Waals surface area contributed by atoms with Crippen LogP contribution in [0.25, 0.3) is 11.2 Å². The van der Waals surface area contributed by atoms with Crippen LogP contribution in [0.5, 0.6) is 5.75 Å². The number of benzene rings is 1. The third-order valence-electron chi connectivity index (χ3n) is 3.10. The Morgan fingerprint density at radius 3 is 2.92 bits per heavy atom. The molecule has 0 fully saturated rings. The number of hydrogen-bond donors (Lipinski definition) is 1. The molecule has 2 heterocycles. The van der Waals surface area contributed by atoms with E-state index in [2.05, 4.69) is 41.2 Å².